The molecular formula is C23H24N10O4. The standard InChI is InChI=1S/C13H11N5O.C10H13N5O3/c1-2-8-4-3-5-9(6-8)16-13-17-11-10(12(19)18-13)14-7-15-11;11-10-13-8-7(9(17)14-10)12-4-15(8)6-2-1-5(3-16)18-6/h2-7H,1H2,(H3,14,15,16,17,18,19);4-6,16H,1-3H2,(H3,11,13,14,17). The maximum Gasteiger partial charge on any atom is 0.280 e. The summed E-state index contributed by atoms with van der Waals surface area (Å²) >= 11 is 0. The SMILES string of the molecule is C=Cc1cccc(Nc2nc3nc[nH]c3c(=O)[nH]2)c1.Nc1nc2c(ncn2C2CCC(CO)O2)c(=O)[nH]1. The number of nitrogens with zero attached hydrogens (tertiary/aromatic N) is 5. The zero-order valence-electron chi connectivity index (χ0n) is 19.5. The Morgan fingerprint density at radius 2 is 2.08 bits per heavy atom. The van der Waals surface area contributed by atoms with E-state index in [0.717, 1.165) is 24.1 Å². The van der Waals surface area contributed by atoms with E-state index in [2.05, 4.69) is 46.8 Å². The Hall–Kier alpha value is -4.82. The van der Waals surface area contributed by atoms with Gasteiger partial charge in [0.1, 0.15) is 6.23 Å². The molecule has 14 heteroatoms. The fourth-order valence-electron chi connectivity index (χ4n) is 3.96. The van der Waals surface area contributed by atoms with Crippen molar-refractivity contribution in [3.05, 3.63) is 69.8 Å². The van der Waals surface area contributed by atoms with Gasteiger partial charge in [0, 0.05) is 5.69 Å². The van der Waals surface area contributed by atoms with E-state index in [1.165, 1.54) is 12.7 Å². The third-order valence-corrected chi connectivity index (χ3v) is 5.73. The highest BCUT2D eigenvalue weighted by Gasteiger charge is 2.27. The molecule has 190 valence electrons. The number of anilines is 3. The van der Waals surface area contributed by atoms with Crippen molar-refractivity contribution in [1.82, 2.24) is 39.5 Å². The number of benzene rings is 1. The van der Waals surface area contributed by atoms with E-state index >= 15 is 0 Å². The van der Waals surface area contributed by atoms with Gasteiger partial charge in [0.05, 0.1) is 25.4 Å². The topological polar surface area (TPSA) is 206 Å². The van der Waals surface area contributed by atoms with Crippen LogP contribution in [0.1, 0.15) is 24.6 Å². The van der Waals surface area contributed by atoms with Crippen molar-refractivity contribution in [3.63, 3.8) is 0 Å². The molecule has 1 aliphatic rings. The van der Waals surface area contributed by atoms with Gasteiger partial charge in [-0.25, -0.2) is 9.97 Å². The highest BCUT2D eigenvalue weighted by molar-refractivity contribution is 5.71. The quantitative estimate of drug-likeness (QED) is 0.203. The van der Waals surface area contributed by atoms with Crippen molar-refractivity contribution >= 4 is 46.0 Å². The lowest BCUT2D eigenvalue weighted by Gasteiger charge is -2.13. The van der Waals surface area contributed by atoms with Gasteiger partial charge in [-0.3, -0.25) is 24.1 Å². The fourth-order valence-corrected chi connectivity index (χ4v) is 3.96. The Bertz CT molecular complexity index is 1680. The number of hydrogen-bond donors (Lipinski definition) is 6. The lowest BCUT2D eigenvalue weighted by molar-refractivity contribution is -0.0207. The van der Waals surface area contributed by atoms with E-state index in [-0.39, 0.29) is 41.5 Å². The molecule has 2 unspecified atom stereocenters. The van der Waals surface area contributed by atoms with Crippen LogP contribution in [0.2, 0.25) is 0 Å². The van der Waals surface area contributed by atoms with Gasteiger partial charge in [0.15, 0.2) is 22.3 Å². The third kappa shape index (κ3) is 4.96. The molecule has 6 rings (SSSR count). The number of rotatable bonds is 5. The molecule has 14 nitrogen and oxygen atoms in total. The van der Waals surface area contributed by atoms with Crippen molar-refractivity contribution in [2.45, 2.75) is 25.2 Å². The average molecular weight is 505 g/mol. The van der Waals surface area contributed by atoms with Gasteiger partial charge in [-0.05, 0) is 30.5 Å². The van der Waals surface area contributed by atoms with Crippen molar-refractivity contribution in [1.29, 1.82) is 0 Å². The predicted molar refractivity (Wildman–Crippen MR) is 137 cm³/mol. The molecule has 0 aliphatic carbocycles. The Labute approximate surface area is 208 Å². The summed E-state index contributed by atoms with van der Waals surface area (Å²) < 4.78 is 7.30. The molecule has 5 heterocycles. The highest BCUT2D eigenvalue weighted by Crippen LogP contribution is 2.29. The van der Waals surface area contributed by atoms with Crippen LogP contribution in [-0.4, -0.2) is 57.3 Å². The summed E-state index contributed by atoms with van der Waals surface area (Å²) in [7, 11) is 0. The summed E-state index contributed by atoms with van der Waals surface area (Å²) in [5.41, 5.74) is 8.07. The molecular weight excluding hydrogens is 480 g/mol. The van der Waals surface area contributed by atoms with Crippen LogP contribution >= 0.6 is 0 Å². The van der Waals surface area contributed by atoms with E-state index in [1.54, 1.807) is 10.6 Å². The Morgan fingerprint density at radius 1 is 1.22 bits per heavy atom. The van der Waals surface area contributed by atoms with Gasteiger partial charge >= 0.3 is 0 Å². The molecule has 0 bridgehead atoms. The minimum Gasteiger partial charge on any atom is -0.394 e. The molecule has 1 fully saturated rings. The summed E-state index contributed by atoms with van der Waals surface area (Å²) in [6.07, 6.45) is 5.77. The molecule has 1 aliphatic heterocycles. The van der Waals surface area contributed by atoms with Gasteiger partial charge in [-0.2, -0.15) is 9.97 Å². The normalized spacial score (nSPS) is 17.0. The van der Waals surface area contributed by atoms with E-state index in [1.807, 2.05) is 24.3 Å². The number of ether oxygens (including phenoxy) is 1. The van der Waals surface area contributed by atoms with Crippen molar-refractivity contribution in [2.24, 2.45) is 0 Å². The molecule has 2 atom stereocenters. The van der Waals surface area contributed by atoms with E-state index in [9.17, 15) is 9.59 Å². The molecule has 0 radical (unpaired) electrons. The number of aromatic amines is 3. The molecule has 0 spiro atoms. The number of aromatic nitrogens is 8. The molecule has 37 heavy (non-hydrogen) atoms. The Morgan fingerprint density at radius 3 is 2.86 bits per heavy atom. The molecule has 1 aromatic carbocycles. The predicted octanol–water partition coefficient (Wildman–Crippen LogP) is 1.40. The second-order valence-electron chi connectivity index (χ2n) is 8.22. The van der Waals surface area contributed by atoms with Crippen LogP contribution in [0.5, 0.6) is 0 Å². The third-order valence-electron chi connectivity index (χ3n) is 5.73. The first kappa shape index (κ1) is 23.9. The van der Waals surface area contributed by atoms with Gasteiger partial charge < -0.3 is 25.9 Å². The maximum atomic E-state index is 11.8. The monoisotopic (exact) mass is 504 g/mol. The summed E-state index contributed by atoms with van der Waals surface area (Å²) in [4.78, 5) is 47.4. The van der Waals surface area contributed by atoms with Crippen LogP contribution in [0, 0.1) is 0 Å². The van der Waals surface area contributed by atoms with Crippen molar-refractivity contribution in [2.75, 3.05) is 17.7 Å². The highest BCUT2D eigenvalue weighted by atomic mass is 16.5. The van der Waals surface area contributed by atoms with E-state index in [0.29, 0.717) is 22.8 Å². The van der Waals surface area contributed by atoms with E-state index < -0.39 is 0 Å². The molecule has 1 saturated heterocycles. The minimum atomic E-state index is -0.368. The maximum absolute atomic E-state index is 11.8. The Balaban J connectivity index is 0.000000152. The molecule has 4 aromatic heterocycles. The van der Waals surface area contributed by atoms with Gasteiger partial charge in [0.2, 0.25) is 11.9 Å². The van der Waals surface area contributed by atoms with Gasteiger partial charge in [-0.1, -0.05) is 24.8 Å². The van der Waals surface area contributed by atoms with Crippen LogP contribution < -0.4 is 22.2 Å². The fraction of sp³-hybridized carbons (Fsp3) is 0.217. The Kier molecular flexibility index (Phi) is 6.49. The van der Waals surface area contributed by atoms with Crippen LogP contribution in [-0.2, 0) is 4.74 Å². The van der Waals surface area contributed by atoms with Crippen LogP contribution in [0.25, 0.3) is 28.4 Å². The number of nitrogens with one attached hydrogen (secondary N) is 4. The summed E-state index contributed by atoms with van der Waals surface area (Å²) in [5, 5.41) is 12.1. The summed E-state index contributed by atoms with van der Waals surface area (Å²) in [6.45, 7) is 3.70. The molecule has 7 N–H and O–H groups in total. The number of aliphatic hydroxyl groups excluding tert-OH is 1. The molecule has 0 saturated carbocycles. The summed E-state index contributed by atoms with van der Waals surface area (Å²) in [6, 6.07) is 7.61. The lowest BCUT2D eigenvalue weighted by atomic mass is 10.2. The van der Waals surface area contributed by atoms with Gasteiger partial charge in [-0.15, -0.1) is 0 Å². The molecule has 0 amide bonds. The van der Waals surface area contributed by atoms with Crippen LogP contribution in [0.3, 0.4) is 0 Å². The van der Waals surface area contributed by atoms with Gasteiger partial charge in [0.25, 0.3) is 11.1 Å². The first-order valence-corrected chi connectivity index (χ1v) is 11.4. The van der Waals surface area contributed by atoms with Crippen molar-refractivity contribution < 1.29 is 9.84 Å². The first-order chi connectivity index (χ1) is 17.9. The van der Waals surface area contributed by atoms with Crippen molar-refractivity contribution in [3.8, 4) is 0 Å². The first-order valence-electron chi connectivity index (χ1n) is 11.4. The number of H-pyrrole nitrogens is 3. The number of hydrogen-bond acceptors (Lipinski definition) is 10. The number of nitrogen functional groups attached to an aromatic ring is 1. The number of fused-ring (bicyclic) bond motifs is 2. The second kappa shape index (κ2) is 10.0. The van der Waals surface area contributed by atoms with Crippen LogP contribution in [0.4, 0.5) is 17.6 Å². The smallest absolute Gasteiger partial charge is 0.280 e. The lowest BCUT2D eigenvalue weighted by Crippen LogP contribution is -2.16. The molecule has 5 aromatic rings. The minimum absolute atomic E-state index is 0.0146. The van der Waals surface area contributed by atoms with Crippen LogP contribution in [0.15, 0.2) is 53.1 Å². The zero-order chi connectivity index (χ0) is 25.9. The number of aliphatic hydroxyl groups is 1. The summed E-state index contributed by atoms with van der Waals surface area (Å²) in [5.74, 6) is 0.400. The van der Waals surface area contributed by atoms with E-state index in [4.69, 9.17) is 15.6 Å². The number of imidazole rings is 2. The number of nitrogens with two attached hydrogens (primary N) is 1. The second-order valence-corrected chi connectivity index (χ2v) is 8.22. The largest absolute Gasteiger partial charge is 0.394 e. The average Bonchev–Trinajstić information content (AvgIpc) is 3.64. The zero-order valence-corrected chi connectivity index (χ0v) is 19.5.